The van der Waals surface area contributed by atoms with Crippen LogP contribution >= 0.6 is 11.8 Å². The van der Waals surface area contributed by atoms with Crippen molar-refractivity contribution in [3.8, 4) is 0 Å². The number of thioether (sulfide) groups is 1. The number of nitrogens with one attached hydrogen (secondary N) is 1. The maximum atomic E-state index is 15.0. The number of allylic oxidation sites excluding steroid dienone is 21. The molecule has 4 fully saturated rings. The van der Waals surface area contributed by atoms with E-state index in [1.165, 1.54) is 74.1 Å². The Bertz CT molecular complexity index is 2980. The summed E-state index contributed by atoms with van der Waals surface area (Å²) < 4.78 is 5.92. The summed E-state index contributed by atoms with van der Waals surface area (Å²) in [7, 11) is 0. The molecule has 5 aliphatic carbocycles. The van der Waals surface area contributed by atoms with Crippen molar-refractivity contribution < 1.29 is 58.6 Å². The number of hydrogen-bond donors (Lipinski definition) is 1. The molecule has 524 valence electrons. The number of carboxylic acids is 1. The average Bonchev–Trinajstić information content (AvgIpc) is 0.675. The maximum absolute atomic E-state index is 15.0. The van der Waals surface area contributed by atoms with Gasteiger partial charge < -0.3 is 20.0 Å². The van der Waals surface area contributed by atoms with E-state index in [0.717, 1.165) is 178 Å². The number of ketones is 1. The average molecular weight is 1330 g/mol. The molecule has 5 aliphatic rings. The molecule has 95 heavy (non-hydrogen) atoms. The summed E-state index contributed by atoms with van der Waals surface area (Å²) in [6.45, 7) is 41.7. The van der Waals surface area contributed by atoms with Gasteiger partial charge in [-0.3, -0.25) is 9.59 Å². The monoisotopic (exact) mass is 1330 g/mol. The van der Waals surface area contributed by atoms with Crippen LogP contribution in [0, 0.1) is 50.2 Å². The van der Waals surface area contributed by atoms with Crippen LogP contribution < -0.4 is 40.0 Å². The fourth-order valence-corrected chi connectivity index (χ4v) is 18.3. The quantitative estimate of drug-likeness (QED) is 0.0219. The zero-order valence-corrected chi connectivity index (χ0v) is 66.7. The number of carbonyl (C=O) groups is 4. The molecule has 7 nitrogen and oxygen atoms in total. The number of esters is 1. The largest absolute Gasteiger partial charge is 1.00 e. The number of aliphatic carboxylic acids is 1. The Morgan fingerprint density at radius 2 is 0.947 bits per heavy atom. The molecule has 5 rings (SSSR count). The van der Waals surface area contributed by atoms with Crippen molar-refractivity contribution in [1.29, 1.82) is 0 Å². The maximum Gasteiger partial charge on any atom is 1.00 e. The molecule has 0 aliphatic heterocycles. The van der Waals surface area contributed by atoms with Gasteiger partial charge in [-0.25, -0.2) is 4.79 Å². The third kappa shape index (κ3) is 24.9. The zero-order valence-electron chi connectivity index (χ0n) is 63.9. The fraction of sp³-hybridized carbons (Fsp3) is 0.674. The first-order valence-electron chi connectivity index (χ1n) is 37.0. The Morgan fingerprint density at radius 3 is 1.37 bits per heavy atom. The molecular weight excluding hydrogens is 1200 g/mol. The van der Waals surface area contributed by atoms with Gasteiger partial charge in [0.2, 0.25) is 5.91 Å². The Kier molecular flexibility index (Phi) is 34.7. The van der Waals surface area contributed by atoms with Crippen LogP contribution in [0.25, 0.3) is 0 Å². The van der Waals surface area contributed by atoms with Gasteiger partial charge in [0.1, 0.15) is 6.10 Å². The molecule has 4 saturated carbocycles. The van der Waals surface area contributed by atoms with Gasteiger partial charge in [-0.2, -0.15) is 11.8 Å². The molecule has 1 N–H and O–H groups in total. The topological polar surface area (TPSA) is 113 Å². The number of ether oxygens (including phenoxy) is 1. The van der Waals surface area contributed by atoms with Gasteiger partial charge in [-0.1, -0.05) is 171 Å². The number of rotatable bonds is 36. The molecule has 0 aromatic carbocycles. The molecular formula is C86H132NNaO6S. The van der Waals surface area contributed by atoms with Crippen LogP contribution in [0.15, 0.2) is 140 Å². The van der Waals surface area contributed by atoms with E-state index < -0.39 is 22.8 Å². The summed E-state index contributed by atoms with van der Waals surface area (Å²) in [5, 5.41) is 14.4. The summed E-state index contributed by atoms with van der Waals surface area (Å²) in [6.07, 6.45) is 56.0. The predicted octanol–water partition coefficient (Wildman–Crippen LogP) is 19.5. The summed E-state index contributed by atoms with van der Waals surface area (Å²) in [5.74, 6) is 0.247. The van der Waals surface area contributed by atoms with Crippen molar-refractivity contribution in [3.05, 3.63) is 140 Å². The van der Waals surface area contributed by atoms with Gasteiger partial charge in [-0.05, 0) is 295 Å². The minimum absolute atomic E-state index is 0. The Balaban J connectivity index is 0.0000192. The minimum Gasteiger partial charge on any atom is -0.545 e. The van der Waals surface area contributed by atoms with Gasteiger partial charge in [-0.15, -0.1) is 0 Å². The molecule has 0 aromatic rings. The number of amides is 1. The van der Waals surface area contributed by atoms with Crippen molar-refractivity contribution in [3.63, 3.8) is 0 Å². The molecule has 0 spiro atoms. The van der Waals surface area contributed by atoms with E-state index in [1.54, 1.807) is 0 Å². The molecule has 0 bridgehead atoms. The van der Waals surface area contributed by atoms with Gasteiger partial charge in [0.25, 0.3) is 0 Å². The van der Waals surface area contributed by atoms with Gasteiger partial charge in [0.05, 0.1) is 5.97 Å². The molecule has 0 radical (unpaired) electrons. The summed E-state index contributed by atoms with van der Waals surface area (Å²) in [5.41, 5.74) is 14.6. The third-order valence-electron chi connectivity index (χ3n) is 24.1. The van der Waals surface area contributed by atoms with Crippen LogP contribution in [0.1, 0.15) is 298 Å². The zero-order chi connectivity index (χ0) is 69.5. The second-order valence-corrected chi connectivity index (χ2v) is 33.8. The van der Waals surface area contributed by atoms with Crippen LogP contribution in [0.5, 0.6) is 0 Å². The van der Waals surface area contributed by atoms with E-state index >= 15 is 4.79 Å². The third-order valence-corrected chi connectivity index (χ3v) is 25.0. The molecule has 9 atom stereocenters. The van der Waals surface area contributed by atoms with E-state index in [1.807, 2.05) is 11.8 Å². The Hall–Kier alpha value is -3.69. The van der Waals surface area contributed by atoms with Crippen LogP contribution in [0.3, 0.4) is 0 Å². The van der Waals surface area contributed by atoms with Crippen LogP contribution in [-0.2, 0) is 23.9 Å². The first-order valence-corrected chi connectivity index (χ1v) is 38.2. The van der Waals surface area contributed by atoms with E-state index in [4.69, 9.17) is 4.74 Å². The molecule has 0 saturated heterocycles. The van der Waals surface area contributed by atoms with Crippen LogP contribution in [0.4, 0.5) is 0 Å². The molecule has 9 heteroatoms. The SMILES string of the molecule is CC(C)=CCC/C(C)=C/CC/C(C)=C/CC/C(C)=C/CC/C(C)=C/CC/C(C)=C/CC/C(C)=C/CC/C(C)=C/CC/C(C)=C/CC/C(C)=C/CSCCNC(=O)[C@]1(C)CC[C@]2(C)CC[C@]3(C)C(=CC(=O)C4[C@@]5(C)CC[C@H](OC(=O)/C=C/C(=O)[O-])C(C)(C)C5CC[C@]43C)[C@H]2C1.[Na+]. The summed E-state index contributed by atoms with van der Waals surface area (Å²) >= 11 is 1.88. The number of carbonyl (C=O) groups excluding carboxylic acids is 4. The van der Waals surface area contributed by atoms with Crippen LogP contribution in [0.2, 0.25) is 0 Å². The second-order valence-electron chi connectivity index (χ2n) is 32.6. The van der Waals surface area contributed by atoms with Gasteiger partial charge >= 0.3 is 35.5 Å². The normalized spacial score (nSPS) is 28.6. The Morgan fingerprint density at radius 1 is 0.537 bits per heavy atom. The number of carboxylic acid groups (broad SMARTS) is 1. The van der Waals surface area contributed by atoms with Gasteiger partial charge in [0.15, 0.2) is 5.78 Å². The van der Waals surface area contributed by atoms with Crippen molar-refractivity contribution >= 4 is 35.4 Å². The molecule has 2 unspecified atom stereocenters. The summed E-state index contributed by atoms with van der Waals surface area (Å²) in [6, 6.07) is 0. The van der Waals surface area contributed by atoms with Crippen molar-refractivity contribution in [2.24, 2.45) is 50.2 Å². The number of hydrogen-bond acceptors (Lipinski definition) is 7. The second kappa shape index (κ2) is 39.3. The Labute approximate surface area is 607 Å². The number of fused-ring (bicyclic) bond motifs is 7. The van der Waals surface area contributed by atoms with E-state index in [9.17, 15) is 19.5 Å². The molecule has 0 heterocycles. The van der Waals surface area contributed by atoms with E-state index in [-0.39, 0.29) is 86.8 Å². The van der Waals surface area contributed by atoms with E-state index in [0.29, 0.717) is 13.0 Å². The summed E-state index contributed by atoms with van der Waals surface area (Å²) in [4.78, 5) is 52.9. The molecule has 1 amide bonds. The van der Waals surface area contributed by atoms with Crippen molar-refractivity contribution in [2.45, 2.75) is 304 Å². The first-order chi connectivity index (χ1) is 44.3. The molecule has 0 aromatic heterocycles. The first kappa shape index (κ1) is 83.7. The van der Waals surface area contributed by atoms with Crippen molar-refractivity contribution in [1.82, 2.24) is 5.32 Å². The van der Waals surface area contributed by atoms with E-state index in [2.05, 4.69) is 197 Å². The fourth-order valence-electron chi connectivity index (χ4n) is 17.5. The smallest absolute Gasteiger partial charge is 0.545 e. The van der Waals surface area contributed by atoms with Gasteiger partial charge in [0, 0.05) is 40.9 Å². The predicted molar refractivity (Wildman–Crippen MR) is 400 cm³/mol. The standard InChI is InChI=1S/C86H133NO6S.Na/c1-62(2)28-19-29-63(3)30-20-31-64(4)32-21-33-65(5)34-22-35-66(6)36-23-37-67(7)38-24-39-68(8)40-25-41-69(9)42-26-43-70(10)44-27-45-71(11)50-58-94-59-57-87-80(92)83(15)54-53-82(14)55-56-85(17)72(73(82)61-83)60-74(88)79-84(16)51-49-76(93-78(91)47-46-77(89)90)81(12,13)75(84)48-52-86(79,85)18;/h28,30,32,34,36,38,40,42,44,46-47,50,60,73,75-76,79H,19-27,29,31,33,35,37,39,41,43,45,48-49,51-59,61H2,1-18H3,(H,87,92)(H,89,90);/q;+1/p-1/b47-46+,63-30+,64-32+,65-34+,66-36+,67-38+,68-40+,69-42+,70-44+,71-50+;/t73-,75?,76+,79?,82-,83-,84+,85-,86-;/m1./s1. The van der Waals surface area contributed by atoms with Crippen LogP contribution in [-0.4, -0.2) is 47.8 Å². The van der Waals surface area contributed by atoms with Crippen molar-refractivity contribution in [2.75, 3.05) is 18.1 Å². The minimum atomic E-state index is -1.43.